The number of likely N-dealkylation sites (N-methyl/N-ethyl adjacent to an activating group) is 1. The molecule has 1 aliphatic carbocycles. The third-order valence-electron chi connectivity index (χ3n) is 4.79. The molecule has 0 spiro atoms. The summed E-state index contributed by atoms with van der Waals surface area (Å²) in [7, 11) is 0. The number of amides is 2. The minimum atomic E-state index is -0.816. The molecule has 1 aliphatic rings. The quantitative estimate of drug-likeness (QED) is 0.616. The number of carbonyl (C=O) groups is 2. The number of nitrogens with zero attached hydrogens (tertiary/aromatic N) is 1. The van der Waals surface area contributed by atoms with E-state index in [9.17, 15) is 9.59 Å². The van der Waals surface area contributed by atoms with Crippen molar-refractivity contribution >= 4 is 12.0 Å². The zero-order valence-electron chi connectivity index (χ0n) is 16.6. The summed E-state index contributed by atoms with van der Waals surface area (Å²) in [6.07, 6.45) is 1.66. The molecular formula is C20H31N3O4. The highest BCUT2D eigenvalue weighted by atomic mass is 16.5. The lowest BCUT2D eigenvalue weighted by Crippen LogP contribution is -2.56. The smallest absolute Gasteiger partial charge is 0.317 e. The molecule has 27 heavy (non-hydrogen) atoms. The molecule has 2 amide bonds. The van der Waals surface area contributed by atoms with E-state index in [2.05, 4.69) is 10.6 Å². The standard InChI is InChI=1S/C20H31N3O4/c1-5-23(12-19(24)25)17-10-16(11-17)22-20(26)21-14(4)15-7-6-8-18(9-15)27-13(2)3/h6-9,13-14,16-17H,5,10-12H2,1-4H3,(H,24,25)(H2,21,22,26). The van der Waals surface area contributed by atoms with Crippen molar-refractivity contribution in [2.24, 2.45) is 0 Å². The van der Waals surface area contributed by atoms with Crippen LogP contribution < -0.4 is 15.4 Å². The zero-order valence-corrected chi connectivity index (χ0v) is 16.6. The molecule has 0 heterocycles. The summed E-state index contributed by atoms with van der Waals surface area (Å²) >= 11 is 0. The second-order valence-corrected chi connectivity index (χ2v) is 7.36. The van der Waals surface area contributed by atoms with Crippen LogP contribution in [-0.4, -0.2) is 53.3 Å². The van der Waals surface area contributed by atoms with Crippen LogP contribution >= 0.6 is 0 Å². The Hall–Kier alpha value is -2.28. The van der Waals surface area contributed by atoms with E-state index in [-0.39, 0.29) is 36.8 Å². The monoisotopic (exact) mass is 377 g/mol. The summed E-state index contributed by atoms with van der Waals surface area (Å²) in [6.45, 7) is 8.58. The normalized spacial score (nSPS) is 20.1. The summed E-state index contributed by atoms with van der Waals surface area (Å²) in [4.78, 5) is 25.1. The third kappa shape index (κ3) is 6.43. The van der Waals surface area contributed by atoms with Crippen LogP contribution in [0.5, 0.6) is 5.75 Å². The maximum absolute atomic E-state index is 12.3. The minimum Gasteiger partial charge on any atom is -0.491 e. The van der Waals surface area contributed by atoms with Gasteiger partial charge in [-0.1, -0.05) is 19.1 Å². The van der Waals surface area contributed by atoms with Gasteiger partial charge in [-0.3, -0.25) is 9.69 Å². The minimum absolute atomic E-state index is 0.0475. The fourth-order valence-electron chi connectivity index (χ4n) is 3.31. The molecule has 0 saturated heterocycles. The van der Waals surface area contributed by atoms with Gasteiger partial charge >= 0.3 is 12.0 Å². The predicted octanol–water partition coefficient (Wildman–Crippen LogP) is 2.77. The highest BCUT2D eigenvalue weighted by Crippen LogP contribution is 2.26. The Labute approximate surface area is 161 Å². The van der Waals surface area contributed by atoms with E-state index < -0.39 is 5.97 Å². The molecule has 0 aliphatic heterocycles. The highest BCUT2D eigenvalue weighted by Gasteiger charge is 2.34. The Bertz CT molecular complexity index is 644. The lowest BCUT2D eigenvalue weighted by atomic mass is 9.85. The molecule has 1 unspecified atom stereocenters. The Balaban J connectivity index is 1.79. The average Bonchev–Trinajstić information content (AvgIpc) is 2.55. The van der Waals surface area contributed by atoms with Crippen molar-refractivity contribution in [1.29, 1.82) is 0 Å². The van der Waals surface area contributed by atoms with E-state index in [1.54, 1.807) is 0 Å². The number of aliphatic carboxylic acids is 1. The van der Waals surface area contributed by atoms with Gasteiger partial charge in [-0.05, 0) is 57.9 Å². The molecule has 1 atom stereocenters. The first-order valence-corrected chi connectivity index (χ1v) is 9.58. The van der Waals surface area contributed by atoms with Crippen molar-refractivity contribution in [3.63, 3.8) is 0 Å². The van der Waals surface area contributed by atoms with E-state index in [0.717, 1.165) is 24.2 Å². The molecule has 1 saturated carbocycles. The number of urea groups is 1. The lowest BCUT2D eigenvalue weighted by Gasteiger charge is -2.42. The van der Waals surface area contributed by atoms with Gasteiger partial charge in [0.25, 0.3) is 0 Å². The van der Waals surface area contributed by atoms with Crippen LogP contribution in [0.2, 0.25) is 0 Å². The first kappa shape index (κ1) is 21.0. The summed E-state index contributed by atoms with van der Waals surface area (Å²) in [5.41, 5.74) is 0.980. The molecule has 3 N–H and O–H groups in total. The van der Waals surface area contributed by atoms with Crippen molar-refractivity contribution in [3.05, 3.63) is 29.8 Å². The van der Waals surface area contributed by atoms with E-state index in [4.69, 9.17) is 9.84 Å². The van der Waals surface area contributed by atoms with E-state index in [1.807, 2.05) is 56.9 Å². The van der Waals surface area contributed by atoms with Crippen LogP contribution in [0.25, 0.3) is 0 Å². The topological polar surface area (TPSA) is 90.9 Å². The molecule has 1 aromatic rings. The van der Waals surface area contributed by atoms with Crippen molar-refractivity contribution in [2.45, 2.75) is 64.8 Å². The van der Waals surface area contributed by atoms with Crippen LogP contribution in [0, 0.1) is 0 Å². The fraction of sp³-hybridized carbons (Fsp3) is 0.600. The Morgan fingerprint density at radius 3 is 2.59 bits per heavy atom. The van der Waals surface area contributed by atoms with Crippen LogP contribution in [-0.2, 0) is 4.79 Å². The van der Waals surface area contributed by atoms with E-state index in [0.29, 0.717) is 6.54 Å². The van der Waals surface area contributed by atoms with Crippen molar-refractivity contribution in [1.82, 2.24) is 15.5 Å². The summed E-state index contributed by atoms with van der Waals surface area (Å²) < 4.78 is 5.70. The third-order valence-corrected chi connectivity index (χ3v) is 4.79. The molecule has 7 nitrogen and oxygen atoms in total. The second-order valence-electron chi connectivity index (χ2n) is 7.36. The lowest BCUT2D eigenvalue weighted by molar-refractivity contribution is -0.139. The largest absolute Gasteiger partial charge is 0.491 e. The van der Waals surface area contributed by atoms with Gasteiger partial charge in [0.2, 0.25) is 0 Å². The van der Waals surface area contributed by atoms with Gasteiger partial charge in [0.15, 0.2) is 0 Å². The van der Waals surface area contributed by atoms with Crippen LogP contribution in [0.3, 0.4) is 0 Å². The van der Waals surface area contributed by atoms with Crippen molar-refractivity contribution < 1.29 is 19.4 Å². The van der Waals surface area contributed by atoms with Crippen LogP contribution in [0.15, 0.2) is 24.3 Å². The number of benzene rings is 1. The van der Waals surface area contributed by atoms with Crippen LogP contribution in [0.4, 0.5) is 4.79 Å². The highest BCUT2D eigenvalue weighted by molar-refractivity contribution is 5.75. The van der Waals surface area contributed by atoms with Crippen LogP contribution in [0.1, 0.15) is 52.1 Å². The fourth-order valence-corrected chi connectivity index (χ4v) is 3.31. The molecular weight excluding hydrogens is 346 g/mol. The first-order chi connectivity index (χ1) is 12.8. The molecule has 1 aromatic carbocycles. The second kappa shape index (κ2) is 9.60. The number of ether oxygens (including phenoxy) is 1. The van der Waals surface area contributed by atoms with Crippen molar-refractivity contribution in [2.75, 3.05) is 13.1 Å². The number of hydrogen-bond donors (Lipinski definition) is 3. The first-order valence-electron chi connectivity index (χ1n) is 9.58. The van der Waals surface area contributed by atoms with Gasteiger partial charge in [-0.25, -0.2) is 4.79 Å². The molecule has 1 fully saturated rings. The maximum Gasteiger partial charge on any atom is 0.317 e. The SMILES string of the molecule is CCN(CC(=O)O)C1CC(NC(=O)NC(C)c2cccc(OC(C)C)c2)C1. The van der Waals surface area contributed by atoms with Crippen molar-refractivity contribution in [3.8, 4) is 5.75 Å². The van der Waals surface area contributed by atoms with Gasteiger partial charge < -0.3 is 20.5 Å². The molecule has 0 aromatic heterocycles. The van der Waals surface area contributed by atoms with Gasteiger partial charge in [-0.2, -0.15) is 0 Å². The molecule has 0 radical (unpaired) electrons. The number of carbonyl (C=O) groups excluding carboxylic acids is 1. The van der Waals surface area contributed by atoms with E-state index >= 15 is 0 Å². The number of carboxylic acid groups (broad SMARTS) is 1. The molecule has 0 bridgehead atoms. The summed E-state index contributed by atoms with van der Waals surface area (Å²) in [5.74, 6) is -0.0278. The average molecular weight is 377 g/mol. The number of carboxylic acids is 1. The zero-order chi connectivity index (χ0) is 20.0. The molecule has 7 heteroatoms. The molecule has 150 valence electrons. The van der Waals surface area contributed by atoms with Gasteiger partial charge in [0.1, 0.15) is 5.75 Å². The van der Waals surface area contributed by atoms with E-state index in [1.165, 1.54) is 0 Å². The van der Waals surface area contributed by atoms with Gasteiger partial charge in [-0.15, -0.1) is 0 Å². The van der Waals surface area contributed by atoms with Gasteiger partial charge in [0, 0.05) is 12.1 Å². The Morgan fingerprint density at radius 1 is 1.30 bits per heavy atom. The Kier molecular flexibility index (Phi) is 7.47. The number of nitrogens with one attached hydrogen (secondary N) is 2. The number of rotatable bonds is 9. The summed E-state index contributed by atoms with van der Waals surface area (Å²) in [5, 5.41) is 14.9. The summed E-state index contributed by atoms with van der Waals surface area (Å²) in [6, 6.07) is 7.68. The molecule has 2 rings (SSSR count). The van der Waals surface area contributed by atoms with Gasteiger partial charge in [0.05, 0.1) is 18.7 Å². The Morgan fingerprint density at radius 2 is 2.00 bits per heavy atom. The predicted molar refractivity (Wildman–Crippen MR) is 104 cm³/mol. The number of hydrogen-bond acceptors (Lipinski definition) is 4. The maximum atomic E-state index is 12.3.